The Labute approximate surface area is 162 Å². The largest absolute Gasteiger partial charge is 0.449 e. The zero-order valence-electron chi connectivity index (χ0n) is 15.1. The van der Waals surface area contributed by atoms with Crippen molar-refractivity contribution in [3.63, 3.8) is 0 Å². The number of carbonyl (C=O) groups excluding carboxylic acids is 2. The molecule has 0 fully saturated rings. The number of thiophene rings is 1. The lowest BCUT2D eigenvalue weighted by atomic mass is 10.3. The zero-order chi connectivity index (χ0) is 20.0. The molecule has 144 valence electrons. The second kappa shape index (κ2) is 8.94. The van der Waals surface area contributed by atoms with E-state index in [0.29, 0.717) is 5.69 Å². The summed E-state index contributed by atoms with van der Waals surface area (Å²) in [5, 5.41) is 4.43. The van der Waals surface area contributed by atoms with Crippen molar-refractivity contribution in [1.29, 1.82) is 0 Å². The van der Waals surface area contributed by atoms with Gasteiger partial charge < -0.3 is 10.1 Å². The highest BCUT2D eigenvalue weighted by Gasteiger charge is 2.20. The Bertz CT molecular complexity index is 934. The summed E-state index contributed by atoms with van der Waals surface area (Å²) in [7, 11) is -0.770. The Morgan fingerprint density at radius 1 is 1.22 bits per heavy atom. The van der Waals surface area contributed by atoms with Crippen molar-refractivity contribution in [2.75, 3.05) is 19.4 Å². The summed E-state index contributed by atoms with van der Waals surface area (Å²) in [6.07, 6.45) is 1.81. The van der Waals surface area contributed by atoms with Crippen LogP contribution in [0.5, 0.6) is 0 Å². The third kappa shape index (κ3) is 5.75. The molecule has 0 saturated carbocycles. The molecule has 0 spiro atoms. The smallest absolute Gasteiger partial charge is 0.331 e. The summed E-state index contributed by atoms with van der Waals surface area (Å²) >= 11 is 1.47. The van der Waals surface area contributed by atoms with E-state index in [4.69, 9.17) is 4.74 Å². The molecular formula is C18H20N2O5S2. The average Bonchev–Trinajstić information content (AvgIpc) is 3.13. The lowest BCUT2D eigenvalue weighted by Crippen LogP contribution is -2.29. The normalized spacial score (nSPS) is 12.9. The van der Waals surface area contributed by atoms with Gasteiger partial charge in [-0.05, 0) is 42.6 Å². The zero-order valence-corrected chi connectivity index (χ0v) is 16.7. The molecule has 1 N–H and O–H groups in total. The Morgan fingerprint density at radius 3 is 2.59 bits per heavy atom. The van der Waals surface area contributed by atoms with Gasteiger partial charge >= 0.3 is 5.97 Å². The standard InChI is InChI=1S/C18H20N2O5S2/c1-13(25-17(21)10-9-15-7-5-11-26-15)18(22)19-14-6-4-8-16(12-14)27(23,24)20(2)3/h4-13H,1-3H3,(H,19,22)/b10-9+/t13-/m0/s1. The van der Waals surface area contributed by atoms with Gasteiger partial charge in [-0.2, -0.15) is 0 Å². The minimum absolute atomic E-state index is 0.0498. The molecule has 1 amide bonds. The minimum Gasteiger partial charge on any atom is -0.449 e. The number of rotatable bonds is 7. The van der Waals surface area contributed by atoms with Crippen LogP contribution in [0.2, 0.25) is 0 Å². The molecule has 1 aromatic heterocycles. The van der Waals surface area contributed by atoms with Crippen LogP contribution >= 0.6 is 11.3 Å². The number of hydrogen-bond donors (Lipinski definition) is 1. The number of nitrogens with one attached hydrogen (secondary N) is 1. The van der Waals surface area contributed by atoms with Crippen LogP contribution in [-0.2, 0) is 24.3 Å². The van der Waals surface area contributed by atoms with Crippen molar-refractivity contribution in [3.05, 3.63) is 52.7 Å². The van der Waals surface area contributed by atoms with Gasteiger partial charge in [-0.3, -0.25) is 4.79 Å². The Balaban J connectivity index is 1.99. The fraction of sp³-hybridized carbons (Fsp3) is 0.222. The van der Waals surface area contributed by atoms with Gasteiger partial charge in [-0.25, -0.2) is 17.5 Å². The summed E-state index contributed by atoms with van der Waals surface area (Å²) in [6, 6.07) is 9.56. The molecular weight excluding hydrogens is 388 g/mol. The maximum absolute atomic E-state index is 12.2. The van der Waals surface area contributed by atoms with Crippen LogP contribution < -0.4 is 5.32 Å². The third-order valence-corrected chi connectivity index (χ3v) is 6.12. The first-order valence-electron chi connectivity index (χ1n) is 7.96. The minimum atomic E-state index is -3.61. The summed E-state index contributed by atoms with van der Waals surface area (Å²) in [6.45, 7) is 1.44. The predicted molar refractivity (Wildman–Crippen MR) is 105 cm³/mol. The van der Waals surface area contributed by atoms with E-state index in [1.165, 1.54) is 56.6 Å². The molecule has 0 saturated heterocycles. The number of sulfonamides is 1. The van der Waals surface area contributed by atoms with Crippen LogP contribution in [0.15, 0.2) is 52.7 Å². The van der Waals surface area contributed by atoms with Gasteiger partial charge in [-0.1, -0.05) is 12.1 Å². The molecule has 1 heterocycles. The molecule has 0 bridgehead atoms. The van der Waals surface area contributed by atoms with Crippen molar-refractivity contribution in [2.24, 2.45) is 0 Å². The predicted octanol–water partition coefficient (Wildman–Crippen LogP) is 2.58. The fourth-order valence-corrected chi connectivity index (χ4v) is 3.56. The average molecular weight is 409 g/mol. The summed E-state index contributed by atoms with van der Waals surface area (Å²) in [5.41, 5.74) is 0.292. The molecule has 27 heavy (non-hydrogen) atoms. The van der Waals surface area contributed by atoms with E-state index >= 15 is 0 Å². The topological polar surface area (TPSA) is 92.8 Å². The highest BCUT2D eigenvalue weighted by atomic mass is 32.2. The van der Waals surface area contributed by atoms with E-state index in [2.05, 4.69) is 5.32 Å². The molecule has 1 atom stereocenters. The van der Waals surface area contributed by atoms with Gasteiger partial charge in [0.25, 0.3) is 5.91 Å². The van der Waals surface area contributed by atoms with Crippen molar-refractivity contribution < 1.29 is 22.7 Å². The van der Waals surface area contributed by atoms with E-state index < -0.39 is 28.0 Å². The Morgan fingerprint density at radius 2 is 1.96 bits per heavy atom. The highest BCUT2D eigenvalue weighted by molar-refractivity contribution is 7.89. The third-order valence-electron chi connectivity index (χ3n) is 3.47. The number of esters is 1. The van der Waals surface area contributed by atoms with Crippen molar-refractivity contribution >= 4 is 45.0 Å². The van der Waals surface area contributed by atoms with Crippen LogP contribution in [-0.4, -0.2) is 44.8 Å². The molecule has 2 rings (SSSR count). The van der Waals surface area contributed by atoms with E-state index in [0.717, 1.165) is 9.18 Å². The van der Waals surface area contributed by atoms with Gasteiger partial charge in [0.2, 0.25) is 10.0 Å². The maximum Gasteiger partial charge on any atom is 0.331 e. The molecule has 0 aliphatic rings. The van der Waals surface area contributed by atoms with E-state index in [-0.39, 0.29) is 4.90 Å². The summed E-state index contributed by atoms with van der Waals surface area (Å²) in [4.78, 5) is 24.9. The molecule has 2 aromatic rings. The van der Waals surface area contributed by atoms with Crippen LogP contribution in [0.1, 0.15) is 11.8 Å². The van der Waals surface area contributed by atoms with Crippen LogP contribution in [0, 0.1) is 0 Å². The first kappa shape index (κ1) is 20.8. The van der Waals surface area contributed by atoms with Crippen LogP contribution in [0.3, 0.4) is 0 Å². The van der Waals surface area contributed by atoms with Gasteiger partial charge in [0.1, 0.15) is 0 Å². The van der Waals surface area contributed by atoms with Crippen LogP contribution in [0.25, 0.3) is 6.08 Å². The number of anilines is 1. The summed E-state index contributed by atoms with van der Waals surface area (Å²) < 4.78 is 30.5. The number of nitrogens with zero attached hydrogens (tertiary/aromatic N) is 1. The second-order valence-electron chi connectivity index (χ2n) is 5.73. The Kier molecular flexibility index (Phi) is 6.89. The van der Waals surface area contributed by atoms with Gasteiger partial charge in [-0.15, -0.1) is 11.3 Å². The van der Waals surface area contributed by atoms with Gasteiger partial charge in [0.05, 0.1) is 4.90 Å². The lowest BCUT2D eigenvalue weighted by molar-refractivity contribution is -0.148. The van der Waals surface area contributed by atoms with Gasteiger partial charge in [0.15, 0.2) is 6.10 Å². The van der Waals surface area contributed by atoms with Crippen LogP contribution in [0.4, 0.5) is 5.69 Å². The van der Waals surface area contributed by atoms with Crippen molar-refractivity contribution in [1.82, 2.24) is 4.31 Å². The fourth-order valence-electron chi connectivity index (χ4n) is 1.99. The number of hydrogen-bond acceptors (Lipinski definition) is 6. The van der Waals surface area contributed by atoms with Crippen molar-refractivity contribution in [3.8, 4) is 0 Å². The quantitative estimate of drug-likeness (QED) is 0.561. The van der Waals surface area contributed by atoms with E-state index in [1.54, 1.807) is 12.1 Å². The summed E-state index contributed by atoms with van der Waals surface area (Å²) in [5.74, 6) is -1.21. The molecule has 0 aliphatic heterocycles. The van der Waals surface area contributed by atoms with Gasteiger partial charge in [0, 0.05) is 30.7 Å². The molecule has 0 aliphatic carbocycles. The first-order chi connectivity index (χ1) is 12.7. The monoisotopic (exact) mass is 408 g/mol. The molecule has 1 aromatic carbocycles. The van der Waals surface area contributed by atoms with E-state index in [1.807, 2.05) is 17.5 Å². The Hall–Kier alpha value is -2.49. The number of ether oxygens (including phenoxy) is 1. The number of amides is 1. The second-order valence-corrected chi connectivity index (χ2v) is 8.86. The molecule has 9 heteroatoms. The lowest BCUT2D eigenvalue weighted by Gasteiger charge is -2.14. The number of carbonyl (C=O) groups is 2. The molecule has 0 radical (unpaired) electrons. The first-order valence-corrected chi connectivity index (χ1v) is 10.3. The molecule has 7 nitrogen and oxygen atoms in total. The van der Waals surface area contributed by atoms with E-state index in [9.17, 15) is 18.0 Å². The SMILES string of the molecule is C[C@H](OC(=O)/C=C/c1cccs1)C(=O)Nc1cccc(S(=O)(=O)N(C)C)c1. The highest BCUT2D eigenvalue weighted by Crippen LogP contribution is 2.18. The molecule has 0 unspecified atom stereocenters. The van der Waals surface area contributed by atoms with Crippen molar-refractivity contribution in [2.45, 2.75) is 17.9 Å². The maximum atomic E-state index is 12.2. The number of benzene rings is 1.